The molecule has 1 aliphatic carbocycles. The maximum atomic E-state index is 14.9. The van der Waals surface area contributed by atoms with Gasteiger partial charge in [-0.25, -0.2) is 14.4 Å². The summed E-state index contributed by atoms with van der Waals surface area (Å²) in [7, 11) is 0. The van der Waals surface area contributed by atoms with E-state index in [-0.39, 0.29) is 21.2 Å². The predicted octanol–water partition coefficient (Wildman–Crippen LogP) is 6.31. The number of nitrogens with one attached hydrogen (secondary N) is 1. The van der Waals surface area contributed by atoms with Crippen LogP contribution in [-0.4, -0.2) is 22.1 Å². The molecule has 35 heavy (non-hydrogen) atoms. The molecule has 0 spiro atoms. The molecule has 0 saturated carbocycles. The molecule has 6 nitrogen and oxygen atoms in total. The van der Waals surface area contributed by atoms with Crippen molar-refractivity contribution in [3.63, 3.8) is 0 Å². The number of carbonyl (C=O) groups excluding carboxylic acids is 1. The Morgan fingerprint density at radius 2 is 1.97 bits per heavy atom. The van der Waals surface area contributed by atoms with Gasteiger partial charge in [-0.2, -0.15) is 0 Å². The molecule has 0 saturated heterocycles. The Morgan fingerprint density at radius 1 is 1.17 bits per heavy atom. The highest BCUT2D eigenvalue weighted by Gasteiger charge is 2.18. The first-order valence-corrected chi connectivity index (χ1v) is 11.5. The van der Waals surface area contributed by atoms with E-state index in [1.54, 1.807) is 12.3 Å². The van der Waals surface area contributed by atoms with Gasteiger partial charge in [-0.05, 0) is 55.5 Å². The molecule has 9 heteroatoms. The molecular weight excluding hydrogens is 488 g/mol. The molecule has 2 aromatic heterocycles. The van der Waals surface area contributed by atoms with Crippen LogP contribution in [0.3, 0.4) is 0 Å². The lowest BCUT2D eigenvalue weighted by Gasteiger charge is -2.13. The second kappa shape index (κ2) is 10.7. The number of aliphatic imine (C=N–C) groups is 1. The summed E-state index contributed by atoms with van der Waals surface area (Å²) >= 11 is 12.6. The molecule has 0 atom stereocenters. The van der Waals surface area contributed by atoms with Crippen molar-refractivity contribution in [3.05, 3.63) is 81.1 Å². The van der Waals surface area contributed by atoms with Gasteiger partial charge in [-0.15, -0.1) is 6.42 Å². The number of rotatable bonds is 5. The van der Waals surface area contributed by atoms with Gasteiger partial charge < -0.3 is 11.1 Å². The molecule has 0 fully saturated rings. The summed E-state index contributed by atoms with van der Waals surface area (Å²) in [5.74, 6) is 1.48. The molecule has 2 heterocycles. The van der Waals surface area contributed by atoms with Crippen molar-refractivity contribution in [2.45, 2.75) is 25.7 Å². The number of hydrogen-bond donors (Lipinski definition) is 2. The Hall–Kier alpha value is -3.73. The lowest BCUT2D eigenvalue weighted by molar-refractivity contribution is 0.102. The Morgan fingerprint density at radius 3 is 2.71 bits per heavy atom. The van der Waals surface area contributed by atoms with E-state index in [0.29, 0.717) is 22.6 Å². The van der Waals surface area contributed by atoms with Crippen LogP contribution < -0.4 is 11.1 Å². The zero-order valence-electron chi connectivity index (χ0n) is 18.5. The number of benzene rings is 1. The van der Waals surface area contributed by atoms with Crippen molar-refractivity contribution in [1.29, 1.82) is 0 Å². The number of aromatic nitrogens is 2. The van der Waals surface area contributed by atoms with E-state index in [0.717, 1.165) is 43.0 Å². The second-order valence-corrected chi connectivity index (χ2v) is 8.69. The molecule has 4 rings (SSSR count). The van der Waals surface area contributed by atoms with Crippen LogP contribution in [0.5, 0.6) is 0 Å². The normalized spacial score (nSPS) is 13.7. The van der Waals surface area contributed by atoms with E-state index in [1.165, 1.54) is 30.7 Å². The fraction of sp³-hybridized carbons (Fsp3) is 0.154. The van der Waals surface area contributed by atoms with Gasteiger partial charge in [0.15, 0.2) is 5.82 Å². The molecule has 3 aromatic rings. The lowest BCUT2D eigenvalue weighted by atomic mass is 9.97. The minimum Gasteiger partial charge on any atom is -0.402 e. The molecule has 1 amide bonds. The van der Waals surface area contributed by atoms with Gasteiger partial charge in [0.05, 0.1) is 33.1 Å². The van der Waals surface area contributed by atoms with Crippen molar-refractivity contribution < 1.29 is 9.18 Å². The van der Waals surface area contributed by atoms with Crippen LogP contribution in [0.4, 0.5) is 15.9 Å². The van der Waals surface area contributed by atoms with Crippen LogP contribution in [0.2, 0.25) is 10.0 Å². The van der Waals surface area contributed by atoms with Crippen LogP contribution in [0.1, 0.15) is 41.6 Å². The minimum absolute atomic E-state index is 0.0531. The van der Waals surface area contributed by atoms with Crippen molar-refractivity contribution in [2.24, 2.45) is 10.7 Å². The number of terminal acetylenes is 1. The molecule has 0 bridgehead atoms. The highest BCUT2D eigenvalue weighted by atomic mass is 35.5. The average molecular weight is 508 g/mol. The first-order chi connectivity index (χ1) is 16.9. The van der Waals surface area contributed by atoms with Crippen LogP contribution in [0.25, 0.3) is 11.1 Å². The third kappa shape index (κ3) is 5.51. The maximum Gasteiger partial charge on any atom is 0.257 e. The number of allylic oxidation sites excluding steroid dienone is 2. The molecule has 0 unspecified atom stereocenters. The van der Waals surface area contributed by atoms with E-state index < -0.39 is 11.7 Å². The average Bonchev–Trinajstić information content (AvgIpc) is 2.85. The van der Waals surface area contributed by atoms with Crippen molar-refractivity contribution in [1.82, 2.24) is 9.97 Å². The van der Waals surface area contributed by atoms with Crippen LogP contribution >= 0.6 is 23.2 Å². The monoisotopic (exact) mass is 507 g/mol. The van der Waals surface area contributed by atoms with E-state index >= 15 is 0 Å². The third-order valence-corrected chi connectivity index (χ3v) is 6.14. The molecule has 3 N–H and O–H groups in total. The smallest absolute Gasteiger partial charge is 0.257 e. The quantitative estimate of drug-likeness (QED) is 0.312. The Labute approximate surface area is 212 Å². The number of carbonyl (C=O) groups is 1. The molecule has 0 radical (unpaired) electrons. The zero-order chi connectivity index (χ0) is 24.9. The SMILES string of the molecule is C#Cc1cnccc1-c1cc(Cl)c(C(=O)Nc2cnc(N=CC3=C(N)CCCC3)c(Cl)c2)cc1F. The number of nitrogens with two attached hydrogens (primary N) is 1. The maximum absolute atomic E-state index is 14.9. The highest BCUT2D eigenvalue weighted by molar-refractivity contribution is 6.35. The van der Waals surface area contributed by atoms with Crippen LogP contribution in [0, 0.1) is 18.2 Å². The summed E-state index contributed by atoms with van der Waals surface area (Å²) in [5.41, 5.74) is 9.12. The van der Waals surface area contributed by atoms with Gasteiger partial charge in [0.25, 0.3) is 5.91 Å². The van der Waals surface area contributed by atoms with E-state index in [1.807, 2.05) is 0 Å². The number of anilines is 1. The summed E-state index contributed by atoms with van der Waals surface area (Å²) in [6, 6.07) is 5.51. The summed E-state index contributed by atoms with van der Waals surface area (Å²) in [6.07, 6.45) is 15.4. The number of nitrogens with zero attached hydrogens (tertiary/aromatic N) is 3. The van der Waals surface area contributed by atoms with E-state index in [9.17, 15) is 9.18 Å². The standard InChI is InChI=1S/C26H20Cl2FN5O/c1-2-15-12-31-8-7-18(15)19-10-21(27)20(11-23(19)29)26(35)34-17-9-22(28)25(33-14-17)32-13-16-5-3-4-6-24(16)30/h1,7-14H,3-6,30H2,(H,34,35). The zero-order valence-corrected chi connectivity index (χ0v) is 20.0. The van der Waals surface area contributed by atoms with Gasteiger partial charge in [0, 0.05) is 35.4 Å². The summed E-state index contributed by atoms with van der Waals surface area (Å²) in [4.78, 5) is 25.3. The topological polar surface area (TPSA) is 93.3 Å². The Bertz CT molecular complexity index is 1410. The van der Waals surface area contributed by atoms with Crippen LogP contribution in [-0.2, 0) is 0 Å². The molecule has 1 aromatic carbocycles. The fourth-order valence-corrected chi connectivity index (χ4v) is 4.17. The molecular formula is C26H20Cl2FN5O. The van der Waals surface area contributed by atoms with E-state index in [4.69, 9.17) is 35.4 Å². The van der Waals surface area contributed by atoms with E-state index in [2.05, 4.69) is 26.2 Å². The first kappa shape index (κ1) is 24.4. The van der Waals surface area contributed by atoms with Gasteiger partial charge >= 0.3 is 0 Å². The fourth-order valence-electron chi connectivity index (χ4n) is 3.70. The van der Waals surface area contributed by atoms with Gasteiger partial charge in [0.2, 0.25) is 0 Å². The number of pyridine rings is 2. The highest BCUT2D eigenvalue weighted by Crippen LogP contribution is 2.32. The third-order valence-electron chi connectivity index (χ3n) is 5.55. The second-order valence-electron chi connectivity index (χ2n) is 7.88. The Kier molecular flexibility index (Phi) is 7.45. The first-order valence-electron chi connectivity index (χ1n) is 10.8. The van der Waals surface area contributed by atoms with Gasteiger partial charge in [-0.1, -0.05) is 29.1 Å². The predicted molar refractivity (Wildman–Crippen MR) is 138 cm³/mol. The summed E-state index contributed by atoms with van der Waals surface area (Å²) in [5, 5.41) is 2.92. The summed E-state index contributed by atoms with van der Waals surface area (Å²) < 4.78 is 14.9. The summed E-state index contributed by atoms with van der Waals surface area (Å²) in [6.45, 7) is 0. The Balaban J connectivity index is 1.53. The van der Waals surface area contributed by atoms with Gasteiger partial charge in [0.1, 0.15) is 5.82 Å². The molecule has 1 aliphatic rings. The van der Waals surface area contributed by atoms with Crippen molar-refractivity contribution >= 4 is 46.8 Å². The largest absolute Gasteiger partial charge is 0.402 e. The minimum atomic E-state index is -0.653. The number of amides is 1. The molecule has 0 aliphatic heterocycles. The van der Waals surface area contributed by atoms with Crippen molar-refractivity contribution in [3.8, 4) is 23.5 Å². The number of halogens is 3. The lowest BCUT2D eigenvalue weighted by Crippen LogP contribution is -2.13. The van der Waals surface area contributed by atoms with Crippen molar-refractivity contribution in [2.75, 3.05) is 5.32 Å². The van der Waals surface area contributed by atoms with Gasteiger partial charge in [-0.3, -0.25) is 9.78 Å². The molecule has 176 valence electrons. The number of hydrogen-bond acceptors (Lipinski definition) is 5. The van der Waals surface area contributed by atoms with Crippen LogP contribution in [0.15, 0.2) is 59.1 Å².